The van der Waals surface area contributed by atoms with E-state index in [1.807, 2.05) is 0 Å². The van der Waals surface area contributed by atoms with E-state index in [-0.39, 0.29) is 0 Å². The molecule has 0 amide bonds. The molecule has 2 fully saturated rings. The second-order valence-corrected chi connectivity index (χ2v) is 7.62. The zero-order valence-corrected chi connectivity index (χ0v) is 13.5. The smallest absolute Gasteiger partial charge is 0.104 e. The number of halogens is 1. The lowest BCUT2D eigenvalue weighted by Gasteiger charge is -2.39. The molecule has 0 spiro atoms. The normalized spacial score (nSPS) is 37.4. The van der Waals surface area contributed by atoms with Crippen LogP contribution in [0.4, 0.5) is 4.39 Å². The Morgan fingerprint density at radius 3 is 2.19 bits per heavy atom. The summed E-state index contributed by atoms with van der Waals surface area (Å²) in [5.74, 6) is 2.32. The molecule has 0 heterocycles. The first-order valence-electron chi connectivity index (χ1n) is 8.84. The standard InChI is InChI=1S/C20H29F/c1-14-3-7-16(8-4-14)18-11-12-19(20(21)13-18)17-9-5-15(2)6-10-17/h3-4,7-8,15,17-20H,5-6,9-13H2,1-2H3. The SMILES string of the molecule is Cc1ccc(C2CCC(C3CCC(C)CC3)C(F)C2)cc1. The molecule has 116 valence electrons. The fourth-order valence-corrected chi connectivity index (χ4v) is 4.53. The molecule has 2 aliphatic carbocycles. The van der Waals surface area contributed by atoms with E-state index in [0.29, 0.717) is 17.8 Å². The number of hydrogen-bond donors (Lipinski definition) is 0. The van der Waals surface area contributed by atoms with Crippen LogP contribution in [0.2, 0.25) is 0 Å². The fourth-order valence-electron chi connectivity index (χ4n) is 4.53. The molecule has 0 saturated heterocycles. The average Bonchev–Trinajstić information content (AvgIpc) is 2.49. The highest BCUT2D eigenvalue weighted by Gasteiger charge is 2.37. The molecular weight excluding hydrogens is 259 g/mol. The predicted molar refractivity (Wildman–Crippen MR) is 87.3 cm³/mol. The first kappa shape index (κ1) is 15.1. The molecule has 1 heteroatoms. The third-order valence-corrected chi connectivity index (χ3v) is 6.04. The van der Waals surface area contributed by atoms with Crippen LogP contribution in [0.3, 0.4) is 0 Å². The van der Waals surface area contributed by atoms with Crippen molar-refractivity contribution in [1.29, 1.82) is 0 Å². The van der Waals surface area contributed by atoms with Gasteiger partial charge in [0.05, 0.1) is 0 Å². The van der Waals surface area contributed by atoms with E-state index in [1.54, 1.807) is 0 Å². The molecule has 1 aromatic carbocycles. The van der Waals surface area contributed by atoms with Gasteiger partial charge in [-0.25, -0.2) is 4.39 Å². The molecule has 0 N–H and O–H groups in total. The van der Waals surface area contributed by atoms with Crippen LogP contribution < -0.4 is 0 Å². The van der Waals surface area contributed by atoms with Gasteiger partial charge in [0.15, 0.2) is 0 Å². The van der Waals surface area contributed by atoms with E-state index < -0.39 is 6.17 Å². The third-order valence-electron chi connectivity index (χ3n) is 6.04. The Balaban J connectivity index is 1.60. The molecule has 3 atom stereocenters. The fraction of sp³-hybridized carbons (Fsp3) is 0.700. The summed E-state index contributed by atoms with van der Waals surface area (Å²) in [6, 6.07) is 8.74. The summed E-state index contributed by atoms with van der Waals surface area (Å²) in [6.07, 6.45) is 7.61. The summed E-state index contributed by atoms with van der Waals surface area (Å²) in [4.78, 5) is 0. The molecule has 2 aliphatic rings. The maximum Gasteiger partial charge on any atom is 0.104 e. The number of alkyl halides is 1. The van der Waals surface area contributed by atoms with E-state index in [1.165, 1.54) is 43.2 Å². The van der Waals surface area contributed by atoms with Crippen LogP contribution >= 0.6 is 0 Å². The van der Waals surface area contributed by atoms with Crippen LogP contribution in [0.1, 0.15) is 68.9 Å². The quantitative estimate of drug-likeness (QED) is 0.622. The number of hydrogen-bond acceptors (Lipinski definition) is 0. The Hall–Kier alpha value is -0.850. The lowest BCUT2D eigenvalue weighted by Crippen LogP contribution is -2.33. The van der Waals surface area contributed by atoms with E-state index >= 15 is 0 Å². The average molecular weight is 288 g/mol. The molecule has 21 heavy (non-hydrogen) atoms. The zero-order chi connectivity index (χ0) is 14.8. The highest BCUT2D eigenvalue weighted by molar-refractivity contribution is 5.25. The summed E-state index contributed by atoms with van der Waals surface area (Å²) in [6.45, 7) is 4.46. The Labute approximate surface area is 129 Å². The number of aryl methyl sites for hydroxylation is 1. The van der Waals surface area contributed by atoms with Gasteiger partial charge in [-0.2, -0.15) is 0 Å². The van der Waals surface area contributed by atoms with Gasteiger partial charge in [0.2, 0.25) is 0 Å². The molecule has 0 radical (unpaired) electrons. The Morgan fingerprint density at radius 2 is 1.57 bits per heavy atom. The minimum absolute atomic E-state index is 0.346. The zero-order valence-electron chi connectivity index (χ0n) is 13.5. The maximum atomic E-state index is 14.7. The molecule has 1 aromatic rings. The molecule has 0 aromatic heterocycles. The maximum absolute atomic E-state index is 14.7. The van der Waals surface area contributed by atoms with Gasteiger partial charge < -0.3 is 0 Å². The van der Waals surface area contributed by atoms with Crippen LogP contribution in [0.25, 0.3) is 0 Å². The van der Waals surface area contributed by atoms with Crippen molar-refractivity contribution in [3.63, 3.8) is 0 Å². The van der Waals surface area contributed by atoms with Crippen molar-refractivity contribution in [3.05, 3.63) is 35.4 Å². The molecule has 0 nitrogen and oxygen atoms in total. The van der Waals surface area contributed by atoms with Gasteiger partial charge in [-0.05, 0) is 68.3 Å². The van der Waals surface area contributed by atoms with E-state index in [0.717, 1.165) is 18.8 Å². The summed E-state index contributed by atoms with van der Waals surface area (Å²) in [5.41, 5.74) is 2.64. The monoisotopic (exact) mass is 288 g/mol. The first-order chi connectivity index (χ1) is 10.1. The molecule has 2 saturated carbocycles. The lowest BCUT2D eigenvalue weighted by atomic mass is 9.67. The summed E-state index contributed by atoms with van der Waals surface area (Å²) in [7, 11) is 0. The third kappa shape index (κ3) is 3.49. The van der Waals surface area contributed by atoms with Crippen molar-refractivity contribution < 1.29 is 4.39 Å². The van der Waals surface area contributed by atoms with E-state index in [9.17, 15) is 4.39 Å². The minimum Gasteiger partial charge on any atom is -0.247 e. The van der Waals surface area contributed by atoms with Gasteiger partial charge in [-0.1, -0.05) is 49.6 Å². The van der Waals surface area contributed by atoms with E-state index in [2.05, 4.69) is 38.1 Å². The predicted octanol–water partition coefficient (Wildman–Crippen LogP) is 6.04. The van der Waals surface area contributed by atoms with Gasteiger partial charge in [0, 0.05) is 0 Å². The highest BCUT2D eigenvalue weighted by atomic mass is 19.1. The van der Waals surface area contributed by atoms with Crippen molar-refractivity contribution in [2.45, 2.75) is 70.9 Å². The number of benzene rings is 1. The van der Waals surface area contributed by atoms with Crippen molar-refractivity contribution in [2.75, 3.05) is 0 Å². The first-order valence-corrected chi connectivity index (χ1v) is 8.84. The van der Waals surface area contributed by atoms with Crippen molar-refractivity contribution in [2.24, 2.45) is 17.8 Å². The van der Waals surface area contributed by atoms with Crippen molar-refractivity contribution in [1.82, 2.24) is 0 Å². The summed E-state index contributed by atoms with van der Waals surface area (Å²) >= 11 is 0. The Kier molecular flexibility index (Phi) is 4.66. The lowest BCUT2D eigenvalue weighted by molar-refractivity contribution is 0.0751. The highest BCUT2D eigenvalue weighted by Crippen LogP contribution is 2.45. The largest absolute Gasteiger partial charge is 0.247 e. The van der Waals surface area contributed by atoms with Gasteiger partial charge >= 0.3 is 0 Å². The van der Waals surface area contributed by atoms with Gasteiger partial charge in [-0.3, -0.25) is 0 Å². The van der Waals surface area contributed by atoms with Crippen LogP contribution in [0.15, 0.2) is 24.3 Å². The molecule has 3 rings (SSSR count). The Bertz CT molecular complexity index is 441. The second-order valence-electron chi connectivity index (χ2n) is 7.62. The van der Waals surface area contributed by atoms with Crippen molar-refractivity contribution >= 4 is 0 Å². The summed E-state index contributed by atoms with van der Waals surface area (Å²) in [5, 5.41) is 0. The van der Waals surface area contributed by atoms with Crippen molar-refractivity contribution in [3.8, 4) is 0 Å². The minimum atomic E-state index is -0.580. The van der Waals surface area contributed by atoms with E-state index in [4.69, 9.17) is 0 Å². The molecule has 0 aliphatic heterocycles. The van der Waals surface area contributed by atoms with Gasteiger partial charge in [0.25, 0.3) is 0 Å². The molecule has 3 unspecified atom stereocenters. The van der Waals surface area contributed by atoms with Crippen LogP contribution in [0.5, 0.6) is 0 Å². The van der Waals surface area contributed by atoms with Crippen LogP contribution in [0, 0.1) is 24.7 Å². The molecular formula is C20H29F. The molecule has 0 bridgehead atoms. The van der Waals surface area contributed by atoms with Crippen LogP contribution in [-0.4, -0.2) is 6.17 Å². The van der Waals surface area contributed by atoms with Crippen LogP contribution in [-0.2, 0) is 0 Å². The Morgan fingerprint density at radius 1 is 0.905 bits per heavy atom. The topological polar surface area (TPSA) is 0 Å². The number of rotatable bonds is 2. The second kappa shape index (κ2) is 6.50. The van der Waals surface area contributed by atoms with Gasteiger partial charge in [0.1, 0.15) is 6.17 Å². The van der Waals surface area contributed by atoms with Gasteiger partial charge in [-0.15, -0.1) is 0 Å². The summed E-state index contributed by atoms with van der Waals surface area (Å²) < 4.78 is 14.7.